The molecule has 1 aliphatic carbocycles. The molecule has 116 valence electrons. The number of nitrogens with one attached hydrogen (secondary N) is 1. The van der Waals surface area contributed by atoms with Gasteiger partial charge < -0.3 is 5.32 Å². The molecule has 1 saturated heterocycles. The Morgan fingerprint density at radius 2 is 2.00 bits per heavy atom. The number of nitrogens with zero attached hydrogens (tertiary/aromatic N) is 2. The van der Waals surface area contributed by atoms with Crippen molar-refractivity contribution in [3.05, 3.63) is 18.3 Å². The van der Waals surface area contributed by atoms with Crippen LogP contribution in [0.5, 0.6) is 0 Å². The van der Waals surface area contributed by atoms with Crippen molar-refractivity contribution in [3.8, 4) is 0 Å². The van der Waals surface area contributed by atoms with E-state index in [9.17, 15) is 8.42 Å². The maximum absolute atomic E-state index is 13.1. The second-order valence-electron chi connectivity index (χ2n) is 5.97. The molecule has 6 heteroatoms. The Morgan fingerprint density at radius 3 is 2.81 bits per heavy atom. The van der Waals surface area contributed by atoms with E-state index in [1.807, 2.05) is 0 Å². The van der Waals surface area contributed by atoms with Crippen molar-refractivity contribution < 1.29 is 8.42 Å². The molecular weight excluding hydrogens is 286 g/mol. The molecule has 1 N–H and O–H groups in total. The van der Waals surface area contributed by atoms with E-state index < -0.39 is 10.0 Å². The van der Waals surface area contributed by atoms with Crippen molar-refractivity contribution >= 4 is 15.8 Å². The third kappa shape index (κ3) is 2.66. The summed E-state index contributed by atoms with van der Waals surface area (Å²) in [6.45, 7) is 0.640. The third-order valence-electron chi connectivity index (χ3n) is 4.79. The van der Waals surface area contributed by atoms with Gasteiger partial charge in [0.2, 0.25) is 10.0 Å². The molecule has 0 bridgehead atoms. The maximum atomic E-state index is 13.1. The molecule has 2 aliphatic rings. The van der Waals surface area contributed by atoms with Crippen LogP contribution in [0.4, 0.5) is 5.82 Å². The lowest BCUT2D eigenvalue weighted by Gasteiger charge is -2.43. The number of aromatic nitrogens is 1. The highest BCUT2D eigenvalue weighted by atomic mass is 32.2. The summed E-state index contributed by atoms with van der Waals surface area (Å²) < 4.78 is 27.9. The van der Waals surface area contributed by atoms with Gasteiger partial charge in [-0.2, -0.15) is 4.31 Å². The molecule has 2 unspecified atom stereocenters. The van der Waals surface area contributed by atoms with E-state index in [-0.39, 0.29) is 6.04 Å². The fourth-order valence-electron chi connectivity index (χ4n) is 3.79. The molecule has 0 spiro atoms. The van der Waals surface area contributed by atoms with Gasteiger partial charge in [-0.25, -0.2) is 13.4 Å². The molecule has 0 amide bonds. The molecule has 0 aromatic carbocycles. The van der Waals surface area contributed by atoms with Crippen LogP contribution < -0.4 is 5.32 Å². The average molecular weight is 309 g/mol. The second-order valence-corrected chi connectivity index (χ2v) is 7.83. The number of anilines is 1. The zero-order valence-electron chi connectivity index (χ0n) is 12.5. The Morgan fingerprint density at radius 1 is 1.24 bits per heavy atom. The van der Waals surface area contributed by atoms with Gasteiger partial charge in [0.15, 0.2) is 0 Å². The van der Waals surface area contributed by atoms with Gasteiger partial charge in [0.1, 0.15) is 10.7 Å². The van der Waals surface area contributed by atoms with Crippen LogP contribution in [-0.2, 0) is 10.0 Å². The van der Waals surface area contributed by atoms with E-state index in [2.05, 4.69) is 10.3 Å². The van der Waals surface area contributed by atoms with E-state index in [1.54, 1.807) is 29.7 Å². The number of hydrogen-bond acceptors (Lipinski definition) is 4. The smallest absolute Gasteiger partial charge is 0.247 e. The minimum atomic E-state index is -3.47. The monoisotopic (exact) mass is 309 g/mol. The molecule has 1 aliphatic heterocycles. The Labute approximate surface area is 126 Å². The number of piperidine rings is 1. The van der Waals surface area contributed by atoms with Crippen LogP contribution in [0.2, 0.25) is 0 Å². The summed E-state index contributed by atoms with van der Waals surface area (Å²) in [4.78, 5) is 4.45. The van der Waals surface area contributed by atoms with Gasteiger partial charge in [0, 0.05) is 25.8 Å². The highest BCUT2D eigenvalue weighted by Gasteiger charge is 2.40. The fraction of sp³-hybridized carbons (Fsp3) is 0.667. The second kappa shape index (κ2) is 5.93. The van der Waals surface area contributed by atoms with Crippen molar-refractivity contribution in [3.63, 3.8) is 0 Å². The summed E-state index contributed by atoms with van der Waals surface area (Å²) >= 11 is 0. The van der Waals surface area contributed by atoms with Crippen molar-refractivity contribution in [2.45, 2.75) is 49.5 Å². The van der Waals surface area contributed by atoms with Gasteiger partial charge in [0.25, 0.3) is 0 Å². The number of fused-ring (bicyclic) bond motifs is 1. The van der Waals surface area contributed by atoms with Crippen LogP contribution in [0.25, 0.3) is 0 Å². The van der Waals surface area contributed by atoms with E-state index in [1.165, 1.54) is 19.3 Å². The van der Waals surface area contributed by atoms with E-state index >= 15 is 0 Å². The lowest BCUT2D eigenvalue weighted by Crippen LogP contribution is -2.49. The fourth-order valence-corrected chi connectivity index (χ4v) is 5.70. The van der Waals surface area contributed by atoms with Crippen LogP contribution in [0.3, 0.4) is 0 Å². The molecule has 2 atom stereocenters. The van der Waals surface area contributed by atoms with Gasteiger partial charge in [-0.3, -0.25) is 0 Å². The SMILES string of the molecule is CNc1ncccc1S(=O)(=O)N1CCCC2CCCCC21. The molecule has 2 heterocycles. The molecule has 1 saturated carbocycles. The summed E-state index contributed by atoms with van der Waals surface area (Å²) in [6.07, 6.45) is 8.30. The Balaban J connectivity index is 1.96. The summed E-state index contributed by atoms with van der Waals surface area (Å²) in [5.41, 5.74) is 0. The predicted octanol–water partition coefficient (Wildman–Crippen LogP) is 2.47. The Hall–Kier alpha value is -1.14. The number of pyridine rings is 1. The van der Waals surface area contributed by atoms with E-state index in [0.717, 1.165) is 19.3 Å². The molecule has 0 radical (unpaired) electrons. The lowest BCUT2D eigenvalue weighted by atomic mass is 9.79. The molecule has 21 heavy (non-hydrogen) atoms. The minimum absolute atomic E-state index is 0.183. The first-order valence-corrected chi connectivity index (χ1v) is 9.23. The van der Waals surface area contributed by atoms with Crippen LogP contribution >= 0.6 is 0 Å². The summed E-state index contributed by atoms with van der Waals surface area (Å²) in [5, 5.41) is 2.90. The van der Waals surface area contributed by atoms with Crippen LogP contribution in [0.15, 0.2) is 23.2 Å². The standard InChI is InChI=1S/C15H23N3O2S/c1-16-15-14(9-4-10-17-15)21(19,20)18-11-5-7-12-6-2-3-8-13(12)18/h4,9-10,12-13H,2-3,5-8,11H2,1H3,(H,16,17). The summed E-state index contributed by atoms with van der Waals surface area (Å²) in [7, 11) is -1.76. The van der Waals surface area contributed by atoms with Crippen LogP contribution in [0, 0.1) is 5.92 Å². The topological polar surface area (TPSA) is 62.3 Å². The van der Waals surface area contributed by atoms with Crippen LogP contribution in [-0.4, -0.2) is 37.3 Å². The molecule has 2 fully saturated rings. The van der Waals surface area contributed by atoms with Crippen LogP contribution in [0.1, 0.15) is 38.5 Å². The van der Waals surface area contributed by atoms with Crippen molar-refractivity contribution in [1.29, 1.82) is 0 Å². The van der Waals surface area contributed by atoms with E-state index in [4.69, 9.17) is 0 Å². The van der Waals surface area contributed by atoms with Gasteiger partial charge in [-0.15, -0.1) is 0 Å². The van der Waals surface area contributed by atoms with E-state index in [0.29, 0.717) is 23.2 Å². The average Bonchev–Trinajstić information content (AvgIpc) is 2.54. The predicted molar refractivity (Wildman–Crippen MR) is 82.7 cm³/mol. The van der Waals surface area contributed by atoms with Gasteiger partial charge >= 0.3 is 0 Å². The summed E-state index contributed by atoms with van der Waals surface area (Å²) in [5.74, 6) is 0.979. The molecule has 1 aromatic rings. The minimum Gasteiger partial charge on any atom is -0.372 e. The Kier molecular flexibility index (Phi) is 4.17. The molecular formula is C15H23N3O2S. The first-order chi connectivity index (χ1) is 10.1. The molecule has 1 aromatic heterocycles. The number of hydrogen-bond donors (Lipinski definition) is 1. The first kappa shape index (κ1) is 14.8. The lowest BCUT2D eigenvalue weighted by molar-refractivity contribution is 0.129. The normalized spacial score (nSPS) is 27.1. The highest BCUT2D eigenvalue weighted by molar-refractivity contribution is 7.89. The Bertz CT molecular complexity index is 601. The number of sulfonamides is 1. The summed E-state index contributed by atoms with van der Waals surface area (Å²) in [6, 6.07) is 3.53. The zero-order valence-corrected chi connectivity index (χ0v) is 13.3. The number of rotatable bonds is 3. The first-order valence-electron chi connectivity index (χ1n) is 7.79. The largest absolute Gasteiger partial charge is 0.372 e. The van der Waals surface area contributed by atoms with Crippen molar-refractivity contribution in [2.24, 2.45) is 5.92 Å². The van der Waals surface area contributed by atoms with Gasteiger partial charge in [-0.05, 0) is 43.7 Å². The van der Waals surface area contributed by atoms with Crippen molar-refractivity contribution in [2.75, 3.05) is 18.9 Å². The van der Waals surface area contributed by atoms with Gasteiger partial charge in [0.05, 0.1) is 0 Å². The van der Waals surface area contributed by atoms with Crippen molar-refractivity contribution in [1.82, 2.24) is 9.29 Å². The molecule has 3 rings (SSSR count). The zero-order chi connectivity index (χ0) is 14.9. The van der Waals surface area contributed by atoms with Gasteiger partial charge in [-0.1, -0.05) is 12.8 Å². The maximum Gasteiger partial charge on any atom is 0.247 e. The molecule has 5 nitrogen and oxygen atoms in total. The highest BCUT2D eigenvalue weighted by Crippen LogP contribution is 2.38. The quantitative estimate of drug-likeness (QED) is 0.931. The third-order valence-corrected chi connectivity index (χ3v) is 6.74.